The highest BCUT2D eigenvalue weighted by Gasteiger charge is 2.65. The molecule has 0 aromatic heterocycles. The molecule has 5 nitrogen and oxygen atoms in total. The normalized spacial score (nSPS) is 24.8. The first-order chi connectivity index (χ1) is 8.43. The summed E-state index contributed by atoms with van der Waals surface area (Å²) in [7, 11) is 0.796. The van der Waals surface area contributed by atoms with Gasteiger partial charge in [-0.3, -0.25) is 9.69 Å². The Bertz CT molecular complexity index is 388. The summed E-state index contributed by atoms with van der Waals surface area (Å²) in [5, 5.41) is 0. The van der Waals surface area contributed by atoms with Crippen molar-refractivity contribution in [2.24, 2.45) is 0 Å². The molecule has 0 aliphatic carbocycles. The molecular weight excluding hydrogens is 267 g/mol. The van der Waals surface area contributed by atoms with E-state index in [0.29, 0.717) is 4.90 Å². The van der Waals surface area contributed by atoms with Crippen LogP contribution in [0.25, 0.3) is 0 Å². The van der Waals surface area contributed by atoms with Crippen molar-refractivity contribution >= 4 is 11.9 Å². The van der Waals surface area contributed by atoms with Crippen molar-refractivity contribution in [3.63, 3.8) is 0 Å². The lowest BCUT2D eigenvalue weighted by molar-refractivity contribution is -0.253. The van der Waals surface area contributed by atoms with Crippen LogP contribution in [0, 0.1) is 0 Å². The number of ketones is 1. The molecule has 1 atom stereocenters. The number of likely N-dealkylation sites (tertiary alicyclic amines) is 1. The minimum atomic E-state index is -4.88. The van der Waals surface area contributed by atoms with Crippen molar-refractivity contribution in [3.05, 3.63) is 0 Å². The Morgan fingerprint density at radius 2 is 1.84 bits per heavy atom. The van der Waals surface area contributed by atoms with Crippen molar-refractivity contribution < 1.29 is 32.2 Å². The monoisotopic (exact) mass is 283 g/mol. The largest absolute Gasteiger partial charge is 0.444 e. The lowest BCUT2D eigenvalue weighted by Crippen LogP contribution is -2.54. The van der Waals surface area contributed by atoms with Crippen LogP contribution in [0.4, 0.5) is 18.0 Å². The molecule has 1 unspecified atom stereocenters. The van der Waals surface area contributed by atoms with Crippen LogP contribution in [0.2, 0.25) is 0 Å². The highest BCUT2D eigenvalue weighted by Crippen LogP contribution is 2.38. The number of carbonyl (C=O) groups excluding carboxylic acids is 2. The fraction of sp³-hybridized carbons (Fsp3) is 0.818. The van der Waals surface area contributed by atoms with E-state index in [9.17, 15) is 22.8 Å². The summed E-state index contributed by atoms with van der Waals surface area (Å²) in [5.41, 5.74) is -3.80. The fourth-order valence-corrected chi connectivity index (χ4v) is 1.71. The van der Waals surface area contributed by atoms with Crippen molar-refractivity contribution in [2.75, 3.05) is 20.2 Å². The lowest BCUT2D eigenvalue weighted by Gasteiger charge is -2.29. The highest BCUT2D eigenvalue weighted by molar-refractivity contribution is 5.95. The van der Waals surface area contributed by atoms with Gasteiger partial charge in [0.1, 0.15) is 5.60 Å². The van der Waals surface area contributed by atoms with Crippen LogP contribution < -0.4 is 0 Å². The van der Waals surface area contributed by atoms with Crippen molar-refractivity contribution in [1.82, 2.24) is 4.90 Å². The van der Waals surface area contributed by atoms with Gasteiger partial charge in [-0.05, 0) is 20.8 Å². The van der Waals surface area contributed by atoms with Gasteiger partial charge in [0.05, 0.1) is 13.1 Å². The molecule has 0 saturated carbocycles. The van der Waals surface area contributed by atoms with Gasteiger partial charge in [-0.1, -0.05) is 0 Å². The quantitative estimate of drug-likeness (QED) is 0.735. The molecule has 0 aromatic rings. The number of amides is 1. The lowest BCUT2D eigenvalue weighted by atomic mass is 10.0. The van der Waals surface area contributed by atoms with Gasteiger partial charge < -0.3 is 9.47 Å². The Morgan fingerprint density at radius 1 is 1.32 bits per heavy atom. The standard InChI is InChI=1S/C11H16F3NO4/c1-9(2,3)19-8(17)15-5-7(16)10(6-15,18-4)11(12,13)14/h5-6H2,1-4H3. The predicted octanol–water partition coefficient (Wildman–Crippen LogP) is 1.75. The summed E-state index contributed by atoms with van der Waals surface area (Å²) in [4.78, 5) is 23.9. The van der Waals surface area contributed by atoms with Gasteiger partial charge in [0, 0.05) is 7.11 Å². The number of hydrogen-bond donors (Lipinski definition) is 0. The maximum atomic E-state index is 12.9. The van der Waals surface area contributed by atoms with E-state index < -0.39 is 42.3 Å². The number of ether oxygens (including phenoxy) is 2. The van der Waals surface area contributed by atoms with Crippen LogP contribution in [-0.4, -0.2) is 54.4 Å². The second kappa shape index (κ2) is 4.66. The second-order valence-electron chi connectivity index (χ2n) is 5.29. The Hall–Kier alpha value is -1.31. The first kappa shape index (κ1) is 15.7. The number of halogens is 3. The Morgan fingerprint density at radius 3 is 2.16 bits per heavy atom. The molecular formula is C11H16F3NO4. The van der Waals surface area contributed by atoms with Crippen LogP contribution in [0.1, 0.15) is 20.8 Å². The summed E-state index contributed by atoms with van der Waals surface area (Å²) in [5.74, 6) is -1.20. The summed E-state index contributed by atoms with van der Waals surface area (Å²) < 4.78 is 48.0. The molecule has 1 saturated heterocycles. The smallest absolute Gasteiger partial charge is 0.426 e. The zero-order valence-corrected chi connectivity index (χ0v) is 11.1. The number of carbonyl (C=O) groups is 2. The third kappa shape index (κ3) is 2.99. The number of hydrogen-bond acceptors (Lipinski definition) is 4. The van der Waals surface area contributed by atoms with E-state index in [0.717, 1.165) is 7.11 Å². The number of methoxy groups -OCH3 is 1. The number of Topliss-reactive ketones (excluding diaryl/α,β-unsaturated/α-hetero) is 1. The molecule has 1 amide bonds. The van der Waals surface area contributed by atoms with E-state index in [4.69, 9.17) is 4.74 Å². The Kier molecular flexibility index (Phi) is 3.86. The van der Waals surface area contributed by atoms with Gasteiger partial charge in [0.2, 0.25) is 5.60 Å². The van der Waals surface area contributed by atoms with Gasteiger partial charge in [-0.25, -0.2) is 4.79 Å². The molecule has 1 heterocycles. The van der Waals surface area contributed by atoms with Crippen molar-refractivity contribution in [1.29, 1.82) is 0 Å². The van der Waals surface area contributed by atoms with Crippen LogP contribution in [0.3, 0.4) is 0 Å². The SMILES string of the molecule is COC1(C(F)(F)F)CN(C(=O)OC(C)(C)C)CC1=O. The predicted molar refractivity (Wildman–Crippen MR) is 58.6 cm³/mol. The second-order valence-corrected chi connectivity index (χ2v) is 5.29. The Balaban J connectivity index is 2.91. The number of rotatable bonds is 1. The van der Waals surface area contributed by atoms with E-state index in [1.54, 1.807) is 20.8 Å². The molecule has 19 heavy (non-hydrogen) atoms. The zero-order valence-electron chi connectivity index (χ0n) is 11.1. The summed E-state index contributed by atoms with van der Waals surface area (Å²) in [6, 6.07) is 0. The maximum absolute atomic E-state index is 12.9. The van der Waals surface area contributed by atoms with Gasteiger partial charge in [0.25, 0.3) is 0 Å². The van der Waals surface area contributed by atoms with Gasteiger partial charge in [-0.15, -0.1) is 0 Å². The molecule has 8 heteroatoms. The average Bonchev–Trinajstić information content (AvgIpc) is 2.53. The maximum Gasteiger partial charge on any atom is 0.426 e. The number of alkyl halides is 3. The summed E-state index contributed by atoms with van der Waals surface area (Å²) in [6.07, 6.45) is -5.85. The molecule has 1 aliphatic rings. The minimum absolute atomic E-state index is 0.678. The Labute approximate surface area is 108 Å². The molecule has 1 fully saturated rings. The molecule has 1 rings (SSSR count). The van der Waals surface area contributed by atoms with Crippen LogP contribution in [-0.2, 0) is 14.3 Å². The van der Waals surface area contributed by atoms with Crippen molar-refractivity contribution in [3.8, 4) is 0 Å². The van der Waals surface area contributed by atoms with Crippen LogP contribution in [0.15, 0.2) is 0 Å². The van der Waals surface area contributed by atoms with Crippen LogP contribution >= 0.6 is 0 Å². The third-order valence-corrected chi connectivity index (χ3v) is 2.66. The van der Waals surface area contributed by atoms with E-state index in [-0.39, 0.29) is 0 Å². The molecule has 0 spiro atoms. The van der Waals surface area contributed by atoms with E-state index >= 15 is 0 Å². The molecule has 0 radical (unpaired) electrons. The molecule has 0 N–H and O–H groups in total. The van der Waals surface area contributed by atoms with Gasteiger partial charge in [-0.2, -0.15) is 13.2 Å². The summed E-state index contributed by atoms with van der Waals surface area (Å²) >= 11 is 0. The summed E-state index contributed by atoms with van der Waals surface area (Å²) in [6.45, 7) is 3.17. The molecule has 1 aliphatic heterocycles. The zero-order chi connectivity index (χ0) is 15.1. The van der Waals surface area contributed by atoms with E-state index in [1.165, 1.54) is 0 Å². The minimum Gasteiger partial charge on any atom is -0.444 e. The third-order valence-electron chi connectivity index (χ3n) is 2.66. The molecule has 110 valence electrons. The van der Waals surface area contributed by atoms with Gasteiger partial charge in [0.15, 0.2) is 5.78 Å². The van der Waals surface area contributed by atoms with Crippen LogP contribution in [0.5, 0.6) is 0 Å². The van der Waals surface area contributed by atoms with E-state index in [1.807, 2.05) is 0 Å². The first-order valence-electron chi connectivity index (χ1n) is 5.56. The van der Waals surface area contributed by atoms with Crippen molar-refractivity contribution in [2.45, 2.75) is 38.1 Å². The van der Waals surface area contributed by atoms with E-state index in [2.05, 4.69) is 4.74 Å². The highest BCUT2D eigenvalue weighted by atomic mass is 19.4. The number of nitrogens with zero attached hydrogens (tertiary/aromatic N) is 1. The van der Waals surface area contributed by atoms with Gasteiger partial charge >= 0.3 is 12.3 Å². The molecule has 0 bridgehead atoms. The topological polar surface area (TPSA) is 55.8 Å². The fourth-order valence-electron chi connectivity index (χ4n) is 1.71. The molecule has 0 aromatic carbocycles. The first-order valence-corrected chi connectivity index (χ1v) is 5.56. The average molecular weight is 283 g/mol.